The number of nitrogens with one attached hydrogen (secondary N) is 1. The van der Waals surface area contributed by atoms with Gasteiger partial charge in [-0.1, -0.05) is 36.6 Å². The highest BCUT2D eigenvalue weighted by atomic mass is 35.5. The summed E-state index contributed by atoms with van der Waals surface area (Å²) in [4.78, 5) is 13.9. The van der Waals surface area contributed by atoms with Crippen molar-refractivity contribution in [1.82, 2.24) is 14.5 Å². The molecule has 0 bridgehead atoms. The number of hydrogen-bond donors (Lipinski definition) is 1. The fourth-order valence-electron chi connectivity index (χ4n) is 3.51. The molecule has 1 unspecified atom stereocenters. The number of nitrogens with zero attached hydrogens (tertiary/aromatic N) is 3. The molecule has 0 radical (unpaired) electrons. The zero-order valence-electron chi connectivity index (χ0n) is 18.0. The number of anilines is 1. The second-order valence-corrected chi connectivity index (χ2v) is 13.4. The van der Waals surface area contributed by atoms with Crippen LogP contribution in [0.5, 0.6) is 0 Å². The molecule has 1 aliphatic rings. The molecule has 1 aromatic carbocycles. The van der Waals surface area contributed by atoms with E-state index in [1.807, 2.05) is 24.3 Å². The molecule has 4 rings (SSSR count). The molecule has 1 atom stereocenters. The van der Waals surface area contributed by atoms with Crippen molar-refractivity contribution in [1.29, 1.82) is 0 Å². The van der Waals surface area contributed by atoms with Gasteiger partial charge in [0.2, 0.25) is 11.8 Å². The minimum Gasteiger partial charge on any atom is -0.403 e. The molecule has 176 valence electrons. The number of thiophene rings is 1. The number of thioether (sulfide) groups is 1. The third kappa shape index (κ3) is 5.78. The average Bonchev–Trinajstić information content (AvgIpc) is 3.43. The highest BCUT2D eigenvalue weighted by molar-refractivity contribution is 7.99. The van der Waals surface area contributed by atoms with E-state index in [0.29, 0.717) is 34.9 Å². The zero-order valence-corrected chi connectivity index (χ0v) is 21.2. The molecular formula is C21H23ClN4O4S3. The van der Waals surface area contributed by atoms with Crippen LogP contribution < -0.4 is 5.32 Å². The van der Waals surface area contributed by atoms with Crippen LogP contribution in [0.15, 0.2) is 49.9 Å². The summed E-state index contributed by atoms with van der Waals surface area (Å²) < 4.78 is 33.3. The first-order valence-corrected chi connectivity index (χ1v) is 13.9. The Labute approximate surface area is 205 Å². The summed E-state index contributed by atoms with van der Waals surface area (Å²) in [6.45, 7) is 4.67. The number of sulfonamides is 1. The van der Waals surface area contributed by atoms with Crippen molar-refractivity contribution in [3.63, 3.8) is 0 Å². The number of carbonyl (C=O) groups excluding carboxylic acids is 1. The molecule has 1 aliphatic heterocycles. The van der Waals surface area contributed by atoms with Crippen LogP contribution in [0.1, 0.15) is 26.7 Å². The Kier molecular flexibility index (Phi) is 7.44. The number of benzene rings is 1. The van der Waals surface area contributed by atoms with E-state index in [9.17, 15) is 13.2 Å². The topological polar surface area (TPSA) is 105 Å². The van der Waals surface area contributed by atoms with Gasteiger partial charge in [-0.25, -0.2) is 8.42 Å². The zero-order chi connectivity index (χ0) is 23.6. The molecule has 1 fully saturated rings. The van der Waals surface area contributed by atoms with E-state index >= 15 is 0 Å². The van der Waals surface area contributed by atoms with Crippen molar-refractivity contribution >= 4 is 56.6 Å². The molecule has 8 nitrogen and oxygen atoms in total. The number of rotatable bonds is 7. The molecule has 33 heavy (non-hydrogen) atoms. The summed E-state index contributed by atoms with van der Waals surface area (Å²) in [5, 5.41) is 11.1. The number of carbonyl (C=O) groups is 1. The van der Waals surface area contributed by atoms with Gasteiger partial charge < -0.3 is 4.42 Å². The first kappa shape index (κ1) is 24.2. The van der Waals surface area contributed by atoms with Crippen LogP contribution >= 0.6 is 34.7 Å². The van der Waals surface area contributed by atoms with Crippen molar-refractivity contribution in [3.05, 3.63) is 40.7 Å². The standard InChI is InChI=1S/C21H23ClN4O4S3/c1-13(2)31-16-7-3-5-14(11-16)20-24-25-21(30-20)23-19(27)15-6-4-10-26(12-15)33(28,29)18-9-8-17(22)32-18/h3,5,7-9,11,13,15H,4,6,10,12H2,1-2H3,(H,23,25,27). The average molecular weight is 527 g/mol. The van der Waals surface area contributed by atoms with Crippen LogP contribution in [0.3, 0.4) is 0 Å². The molecule has 1 amide bonds. The molecule has 0 spiro atoms. The van der Waals surface area contributed by atoms with Gasteiger partial charge >= 0.3 is 6.01 Å². The molecule has 12 heteroatoms. The first-order valence-electron chi connectivity index (χ1n) is 10.4. The Balaban J connectivity index is 1.42. The molecule has 0 aliphatic carbocycles. The molecule has 0 saturated carbocycles. The van der Waals surface area contributed by atoms with E-state index < -0.39 is 15.9 Å². The Bertz CT molecular complexity index is 1240. The SMILES string of the molecule is CC(C)Sc1cccc(-c2nnc(NC(=O)C3CCCN(S(=O)(=O)c4ccc(Cl)s4)C3)o2)c1. The van der Waals surface area contributed by atoms with Gasteiger partial charge in [-0.2, -0.15) is 4.31 Å². The van der Waals surface area contributed by atoms with Gasteiger partial charge in [-0.3, -0.25) is 10.1 Å². The Morgan fingerprint density at radius 3 is 2.85 bits per heavy atom. The van der Waals surface area contributed by atoms with Gasteiger partial charge in [0.05, 0.1) is 10.3 Å². The maximum Gasteiger partial charge on any atom is 0.322 e. The van der Waals surface area contributed by atoms with Crippen LogP contribution in [-0.2, 0) is 14.8 Å². The molecular weight excluding hydrogens is 504 g/mol. The maximum atomic E-state index is 12.9. The van der Waals surface area contributed by atoms with Crippen LogP contribution in [0, 0.1) is 5.92 Å². The van der Waals surface area contributed by atoms with Gasteiger partial charge in [-0.15, -0.1) is 28.2 Å². The van der Waals surface area contributed by atoms with E-state index in [4.69, 9.17) is 16.0 Å². The fraction of sp³-hybridized carbons (Fsp3) is 0.381. The Hall–Kier alpha value is -1.92. The molecule has 3 aromatic rings. The first-order chi connectivity index (χ1) is 15.7. The van der Waals surface area contributed by atoms with Crippen LogP contribution in [-0.4, -0.2) is 47.2 Å². The van der Waals surface area contributed by atoms with E-state index in [0.717, 1.165) is 21.8 Å². The number of hydrogen-bond acceptors (Lipinski definition) is 8. The molecule has 3 heterocycles. The van der Waals surface area contributed by atoms with Gasteiger partial charge in [-0.05, 0) is 43.2 Å². The summed E-state index contributed by atoms with van der Waals surface area (Å²) in [5.74, 6) is -0.567. The summed E-state index contributed by atoms with van der Waals surface area (Å²) in [7, 11) is -3.69. The molecule has 1 N–H and O–H groups in total. The number of piperidine rings is 1. The predicted octanol–water partition coefficient (Wildman–Crippen LogP) is 4.99. The van der Waals surface area contributed by atoms with Crippen molar-refractivity contribution in [2.24, 2.45) is 5.92 Å². The third-order valence-corrected chi connectivity index (χ3v) is 9.57. The van der Waals surface area contributed by atoms with Crippen molar-refractivity contribution < 1.29 is 17.6 Å². The summed E-state index contributed by atoms with van der Waals surface area (Å²) in [6, 6.07) is 10.8. The monoisotopic (exact) mass is 526 g/mol. The molecule has 2 aromatic heterocycles. The Morgan fingerprint density at radius 1 is 1.30 bits per heavy atom. The Morgan fingerprint density at radius 2 is 2.12 bits per heavy atom. The lowest BCUT2D eigenvalue weighted by Gasteiger charge is -2.30. The van der Waals surface area contributed by atoms with Crippen molar-refractivity contribution in [2.75, 3.05) is 18.4 Å². The van der Waals surface area contributed by atoms with Gasteiger partial charge in [0, 0.05) is 28.8 Å². The minimum absolute atomic E-state index is 0.0121. The van der Waals surface area contributed by atoms with Gasteiger partial charge in [0.1, 0.15) is 4.21 Å². The predicted molar refractivity (Wildman–Crippen MR) is 130 cm³/mol. The lowest BCUT2D eigenvalue weighted by atomic mass is 9.99. The summed E-state index contributed by atoms with van der Waals surface area (Å²) in [6.07, 6.45) is 1.14. The van der Waals surface area contributed by atoms with E-state index in [-0.39, 0.29) is 22.7 Å². The van der Waals surface area contributed by atoms with Crippen LogP contribution in [0.4, 0.5) is 6.01 Å². The van der Waals surface area contributed by atoms with E-state index in [1.54, 1.807) is 17.8 Å². The second-order valence-electron chi connectivity index (χ2n) is 7.86. The van der Waals surface area contributed by atoms with Crippen LogP contribution in [0.2, 0.25) is 4.34 Å². The minimum atomic E-state index is -3.69. The fourth-order valence-corrected chi connectivity index (χ4v) is 7.57. The maximum absolute atomic E-state index is 12.9. The highest BCUT2D eigenvalue weighted by Crippen LogP contribution is 2.31. The quantitative estimate of drug-likeness (QED) is 0.432. The highest BCUT2D eigenvalue weighted by Gasteiger charge is 2.34. The lowest BCUT2D eigenvalue weighted by Crippen LogP contribution is -2.43. The smallest absolute Gasteiger partial charge is 0.322 e. The third-order valence-electron chi connectivity index (χ3n) is 5.01. The number of halogens is 1. The van der Waals surface area contributed by atoms with Gasteiger partial charge in [0.15, 0.2) is 0 Å². The summed E-state index contributed by atoms with van der Waals surface area (Å²) >= 11 is 8.63. The van der Waals surface area contributed by atoms with E-state index in [2.05, 4.69) is 29.4 Å². The van der Waals surface area contributed by atoms with Crippen molar-refractivity contribution in [2.45, 2.75) is 41.0 Å². The number of aromatic nitrogens is 2. The van der Waals surface area contributed by atoms with E-state index in [1.165, 1.54) is 10.4 Å². The summed E-state index contributed by atoms with van der Waals surface area (Å²) in [5.41, 5.74) is 0.762. The lowest BCUT2D eigenvalue weighted by molar-refractivity contribution is -0.121. The second kappa shape index (κ2) is 10.1. The van der Waals surface area contributed by atoms with Crippen molar-refractivity contribution in [3.8, 4) is 11.5 Å². The largest absolute Gasteiger partial charge is 0.403 e. The normalized spacial score (nSPS) is 17.4. The molecule has 1 saturated heterocycles. The number of amides is 1. The van der Waals surface area contributed by atoms with Crippen LogP contribution in [0.25, 0.3) is 11.5 Å². The van der Waals surface area contributed by atoms with Gasteiger partial charge in [0.25, 0.3) is 10.0 Å².